The summed E-state index contributed by atoms with van der Waals surface area (Å²) in [4.78, 5) is 86.9. The third-order valence-corrected chi connectivity index (χ3v) is 7.69. The van der Waals surface area contributed by atoms with Crippen molar-refractivity contribution in [3.63, 3.8) is 0 Å². The molecule has 0 aromatic carbocycles. The van der Waals surface area contributed by atoms with Gasteiger partial charge in [0.05, 0.1) is 37.3 Å². The lowest BCUT2D eigenvalue weighted by Gasteiger charge is -2.23. The zero-order valence-corrected chi connectivity index (χ0v) is 29.2. The van der Waals surface area contributed by atoms with Crippen molar-refractivity contribution >= 4 is 53.4 Å². The van der Waals surface area contributed by atoms with Gasteiger partial charge in [0.15, 0.2) is 0 Å². The van der Waals surface area contributed by atoms with E-state index < -0.39 is 41.2 Å². The van der Waals surface area contributed by atoms with Crippen LogP contribution >= 0.6 is 11.8 Å². The van der Waals surface area contributed by atoms with Crippen LogP contribution in [0, 0.1) is 0 Å². The van der Waals surface area contributed by atoms with Gasteiger partial charge in [-0.1, -0.05) is 27.7 Å². The first kappa shape index (κ1) is 44.2. The summed E-state index contributed by atoms with van der Waals surface area (Å²) in [7, 11) is 1.63. The molecule has 1 aliphatic heterocycles. The van der Waals surface area contributed by atoms with E-state index in [1.807, 2.05) is 41.5 Å². The molecule has 260 valence electrons. The lowest BCUT2D eigenvalue weighted by atomic mass is 10.2. The Kier molecular flexibility index (Phi) is 24.9. The maximum Gasteiger partial charge on any atom is 0.258 e. The summed E-state index contributed by atoms with van der Waals surface area (Å²) in [6.07, 6.45) is -1.70. The fourth-order valence-corrected chi connectivity index (χ4v) is 4.74. The number of imide groups is 1. The minimum Gasteiger partial charge on any atom is -0.368 e. The van der Waals surface area contributed by atoms with E-state index in [1.165, 1.54) is 11.8 Å². The Morgan fingerprint density at radius 3 is 2.18 bits per heavy atom. The van der Waals surface area contributed by atoms with Crippen LogP contribution in [0.25, 0.3) is 0 Å². The minimum absolute atomic E-state index is 0.0196. The molecule has 4 N–H and O–H groups in total. The van der Waals surface area contributed by atoms with Crippen LogP contribution in [-0.4, -0.2) is 127 Å². The number of ketones is 1. The van der Waals surface area contributed by atoms with Crippen LogP contribution in [0.4, 0.5) is 0 Å². The van der Waals surface area contributed by atoms with Crippen LogP contribution in [-0.2, 0) is 43.0 Å². The van der Waals surface area contributed by atoms with Crippen LogP contribution in [0.2, 0.25) is 0 Å². The first-order chi connectivity index (χ1) is 21.3. The number of carbonyl (C=O) groups is 7. The molecule has 0 aliphatic carbocycles. The summed E-state index contributed by atoms with van der Waals surface area (Å²) in [6.45, 7) is 15.0. The number of Topliss-reactive ketones (excluding diaryl/α,β-unsaturated/α-hetero) is 1. The number of nitrogens with one attached hydrogen (secondary N) is 2. The quantitative estimate of drug-likeness (QED) is 0.0944. The second-order valence-electron chi connectivity index (χ2n) is 9.77. The summed E-state index contributed by atoms with van der Waals surface area (Å²) in [5.74, 6) is -2.06. The summed E-state index contributed by atoms with van der Waals surface area (Å²) in [5, 5.41) is 4.37. The number of rotatable bonds is 20. The van der Waals surface area contributed by atoms with E-state index in [4.69, 9.17) is 15.2 Å². The van der Waals surface area contributed by atoms with Crippen molar-refractivity contribution < 1.29 is 43.0 Å². The van der Waals surface area contributed by atoms with Crippen LogP contribution in [0.3, 0.4) is 0 Å². The molecule has 15 heteroatoms. The van der Waals surface area contributed by atoms with E-state index in [2.05, 4.69) is 10.6 Å². The molecule has 0 saturated carbocycles. The second kappa shape index (κ2) is 25.3. The molecule has 1 saturated heterocycles. The fourth-order valence-electron chi connectivity index (χ4n) is 3.56. The standard InChI is InChI=1S/C26H43N5O9S.2C2H6/c1-6-31-24(36)12-20(26(31)38)40-10-8-29-25(37)21(41-15-19(27)17(4)33)13-22(34)28-7-9-39-18(14-32)11-23(35)30(5)16(2)3;2*1-2/h14,16,18-21H,6-13,15,27H2,1-5H3,(H,28,34)(H,29,37);2*1-2H3. The first-order valence-corrected chi connectivity index (χ1v) is 16.6. The van der Waals surface area contributed by atoms with E-state index in [0.717, 1.165) is 16.7 Å². The third kappa shape index (κ3) is 17.4. The number of hydrogen-bond acceptors (Lipinski definition) is 11. The molecule has 1 heterocycles. The van der Waals surface area contributed by atoms with E-state index >= 15 is 0 Å². The van der Waals surface area contributed by atoms with Crippen molar-refractivity contribution in [3.05, 3.63) is 0 Å². The number of carbonyl (C=O) groups excluding carboxylic acids is 7. The smallest absolute Gasteiger partial charge is 0.258 e. The van der Waals surface area contributed by atoms with Crippen molar-refractivity contribution in [2.75, 3.05) is 45.6 Å². The lowest BCUT2D eigenvalue weighted by Crippen LogP contribution is -2.41. The van der Waals surface area contributed by atoms with Gasteiger partial charge >= 0.3 is 0 Å². The van der Waals surface area contributed by atoms with Gasteiger partial charge in [-0.15, -0.1) is 11.8 Å². The normalized spacial score (nSPS) is 16.0. The molecule has 0 bridgehead atoms. The number of ether oxygens (including phenoxy) is 2. The van der Waals surface area contributed by atoms with Crippen LogP contribution in [0.1, 0.15) is 74.7 Å². The fraction of sp³-hybridized carbons (Fsp3) is 0.767. The van der Waals surface area contributed by atoms with E-state index in [0.29, 0.717) is 6.29 Å². The average molecular weight is 662 g/mol. The monoisotopic (exact) mass is 661 g/mol. The Bertz CT molecular complexity index is 951. The molecule has 1 aliphatic rings. The maximum atomic E-state index is 12.8. The summed E-state index contributed by atoms with van der Waals surface area (Å²) >= 11 is 1.06. The highest BCUT2D eigenvalue weighted by Gasteiger charge is 2.38. The second-order valence-corrected chi connectivity index (χ2v) is 11.0. The van der Waals surface area contributed by atoms with Crippen LogP contribution in [0.15, 0.2) is 0 Å². The first-order valence-electron chi connectivity index (χ1n) is 15.5. The van der Waals surface area contributed by atoms with E-state index in [1.54, 1.807) is 14.0 Å². The highest BCUT2D eigenvalue weighted by atomic mass is 32.2. The Balaban J connectivity index is 0. The molecular formula is C30H55N5O9S. The number of likely N-dealkylation sites (tertiary alicyclic amines) is 1. The molecule has 1 fully saturated rings. The van der Waals surface area contributed by atoms with Crippen molar-refractivity contribution in [1.82, 2.24) is 20.4 Å². The summed E-state index contributed by atoms with van der Waals surface area (Å²) in [5.41, 5.74) is 5.79. The molecule has 45 heavy (non-hydrogen) atoms. The van der Waals surface area contributed by atoms with Gasteiger partial charge in [-0.05, 0) is 27.7 Å². The molecule has 0 radical (unpaired) electrons. The Morgan fingerprint density at radius 1 is 1.07 bits per heavy atom. The Labute approximate surface area is 272 Å². The Morgan fingerprint density at radius 2 is 1.67 bits per heavy atom. The van der Waals surface area contributed by atoms with Gasteiger partial charge in [0, 0.05) is 44.9 Å². The summed E-state index contributed by atoms with van der Waals surface area (Å²) in [6, 6.07) is -0.830. The van der Waals surface area contributed by atoms with Gasteiger partial charge < -0.3 is 35.5 Å². The van der Waals surface area contributed by atoms with Gasteiger partial charge in [0.2, 0.25) is 23.6 Å². The predicted molar refractivity (Wildman–Crippen MR) is 173 cm³/mol. The highest BCUT2D eigenvalue weighted by molar-refractivity contribution is 8.00. The number of amides is 5. The van der Waals surface area contributed by atoms with Crippen LogP contribution in [0.5, 0.6) is 0 Å². The topological polar surface area (TPSA) is 195 Å². The van der Waals surface area contributed by atoms with Gasteiger partial charge in [-0.3, -0.25) is 33.7 Å². The number of likely N-dealkylation sites (N-methyl/N-ethyl adjacent to an activating group) is 1. The minimum atomic E-state index is -0.951. The Hall–Kier alpha value is -2.88. The van der Waals surface area contributed by atoms with Crippen molar-refractivity contribution in [2.45, 2.75) is 104 Å². The van der Waals surface area contributed by atoms with Gasteiger partial charge in [0.1, 0.15) is 24.3 Å². The number of nitrogens with two attached hydrogens (primary N) is 1. The van der Waals surface area contributed by atoms with Crippen molar-refractivity contribution in [2.24, 2.45) is 5.73 Å². The molecule has 0 aromatic rings. The molecule has 0 aromatic heterocycles. The highest BCUT2D eigenvalue weighted by Crippen LogP contribution is 2.17. The molecule has 4 unspecified atom stereocenters. The van der Waals surface area contributed by atoms with Crippen LogP contribution < -0.4 is 16.4 Å². The molecule has 4 atom stereocenters. The zero-order chi connectivity index (χ0) is 35.1. The lowest BCUT2D eigenvalue weighted by molar-refractivity contribution is -0.141. The molecule has 5 amide bonds. The molecule has 14 nitrogen and oxygen atoms in total. The summed E-state index contributed by atoms with van der Waals surface area (Å²) < 4.78 is 10.9. The molecular weight excluding hydrogens is 606 g/mol. The van der Waals surface area contributed by atoms with Gasteiger partial charge in [-0.2, -0.15) is 0 Å². The molecule has 1 rings (SSSR count). The van der Waals surface area contributed by atoms with E-state index in [9.17, 15) is 33.6 Å². The number of aldehydes is 1. The third-order valence-electron chi connectivity index (χ3n) is 6.35. The number of thioether (sulfide) groups is 1. The average Bonchev–Trinajstić information content (AvgIpc) is 3.30. The number of hydrogen-bond donors (Lipinski definition) is 3. The van der Waals surface area contributed by atoms with Gasteiger partial charge in [-0.25, -0.2) is 0 Å². The van der Waals surface area contributed by atoms with Crippen molar-refractivity contribution in [1.29, 1.82) is 0 Å². The number of nitrogens with zero attached hydrogens (tertiary/aromatic N) is 2. The largest absolute Gasteiger partial charge is 0.368 e. The SMILES string of the molecule is CC.CC.CCN1C(=O)CC(OCCNC(=O)C(CC(=O)NCCOC(C=O)CC(=O)N(C)C(C)C)SCC(N)C(C)=O)C1=O. The predicted octanol–water partition coefficient (Wildman–Crippen LogP) is 0.684. The van der Waals surface area contributed by atoms with E-state index in [-0.39, 0.29) is 81.5 Å². The van der Waals surface area contributed by atoms with Crippen molar-refractivity contribution in [3.8, 4) is 0 Å². The maximum absolute atomic E-state index is 12.8. The molecule has 0 spiro atoms. The van der Waals surface area contributed by atoms with Gasteiger partial charge in [0.25, 0.3) is 5.91 Å². The zero-order valence-electron chi connectivity index (χ0n) is 28.4.